The summed E-state index contributed by atoms with van der Waals surface area (Å²) in [6, 6.07) is 0. The molecule has 0 aliphatic rings. The molecule has 3 heterocycles. The van der Waals surface area contributed by atoms with E-state index in [9.17, 15) is 0 Å². The number of nitrogens with zero attached hydrogens (tertiary/aromatic N) is 4. The van der Waals surface area contributed by atoms with E-state index in [1.54, 1.807) is 23.7 Å². The Labute approximate surface area is 120 Å². The van der Waals surface area contributed by atoms with Gasteiger partial charge in [-0.3, -0.25) is 0 Å². The quantitative estimate of drug-likeness (QED) is 0.730. The molecule has 0 aliphatic carbocycles. The lowest BCUT2D eigenvalue weighted by atomic mass is 10.4. The Morgan fingerprint density at radius 1 is 1.25 bits per heavy atom. The van der Waals surface area contributed by atoms with E-state index in [0.717, 1.165) is 35.3 Å². The zero-order chi connectivity index (χ0) is 13.8. The number of anilines is 2. The van der Waals surface area contributed by atoms with Crippen molar-refractivity contribution < 1.29 is 0 Å². The summed E-state index contributed by atoms with van der Waals surface area (Å²) in [5, 5.41) is 9.60. The lowest BCUT2D eigenvalue weighted by molar-refractivity contribution is 0.959. The van der Waals surface area contributed by atoms with Crippen molar-refractivity contribution >= 4 is 28.6 Å². The Bertz CT molecular complexity index is 675. The monoisotopic (exact) mass is 288 g/mol. The third-order valence-electron chi connectivity index (χ3n) is 2.82. The molecule has 0 unspecified atom stereocenters. The van der Waals surface area contributed by atoms with Gasteiger partial charge in [-0.1, -0.05) is 6.92 Å². The maximum atomic E-state index is 4.58. The van der Waals surface area contributed by atoms with Crippen LogP contribution in [0.25, 0.3) is 5.65 Å². The van der Waals surface area contributed by atoms with Crippen LogP contribution in [0.4, 0.5) is 11.6 Å². The van der Waals surface area contributed by atoms with E-state index in [1.807, 2.05) is 22.2 Å². The van der Waals surface area contributed by atoms with Gasteiger partial charge in [0.1, 0.15) is 10.8 Å². The third kappa shape index (κ3) is 2.72. The van der Waals surface area contributed by atoms with E-state index < -0.39 is 0 Å². The minimum absolute atomic E-state index is 0.657. The van der Waals surface area contributed by atoms with Crippen molar-refractivity contribution in [2.75, 3.05) is 17.2 Å². The molecule has 0 fully saturated rings. The van der Waals surface area contributed by atoms with Crippen LogP contribution >= 0.6 is 11.3 Å². The number of thiazole rings is 1. The highest BCUT2D eigenvalue weighted by Crippen LogP contribution is 2.17. The van der Waals surface area contributed by atoms with Crippen LogP contribution in [0, 0.1) is 0 Å². The first kappa shape index (κ1) is 12.9. The zero-order valence-corrected chi connectivity index (χ0v) is 12.0. The summed E-state index contributed by atoms with van der Waals surface area (Å²) < 4.78 is 1.97. The number of fused-ring (bicyclic) bond motifs is 1. The lowest BCUT2D eigenvalue weighted by Gasteiger charge is -2.09. The Balaban J connectivity index is 1.85. The first-order valence-corrected chi connectivity index (χ1v) is 7.44. The summed E-state index contributed by atoms with van der Waals surface area (Å²) >= 11 is 1.62. The van der Waals surface area contributed by atoms with E-state index in [-0.39, 0.29) is 0 Å². The average Bonchev–Trinajstić information content (AvgIpc) is 3.13. The van der Waals surface area contributed by atoms with Crippen LogP contribution in [0.5, 0.6) is 0 Å². The molecule has 0 radical (unpaired) electrons. The van der Waals surface area contributed by atoms with E-state index in [2.05, 4.69) is 32.5 Å². The first-order valence-electron chi connectivity index (χ1n) is 6.56. The highest BCUT2D eigenvalue weighted by molar-refractivity contribution is 7.09. The van der Waals surface area contributed by atoms with Crippen LogP contribution in [0.1, 0.15) is 18.4 Å². The molecule has 0 saturated heterocycles. The van der Waals surface area contributed by atoms with Crippen LogP contribution in [-0.2, 0) is 6.54 Å². The molecule has 3 aromatic rings. The molecule has 0 bridgehead atoms. The molecule has 6 nitrogen and oxygen atoms in total. The molecule has 0 aromatic carbocycles. The maximum Gasteiger partial charge on any atom is 0.180 e. The predicted octanol–water partition coefficient (Wildman–Crippen LogP) is 2.62. The molecule has 0 amide bonds. The average molecular weight is 288 g/mol. The molecule has 2 N–H and O–H groups in total. The largest absolute Gasteiger partial charge is 0.369 e. The fraction of sp³-hybridized carbons (Fsp3) is 0.308. The molecule has 0 spiro atoms. The Kier molecular flexibility index (Phi) is 3.78. The van der Waals surface area contributed by atoms with Crippen molar-refractivity contribution in [3.8, 4) is 0 Å². The summed E-state index contributed by atoms with van der Waals surface area (Å²) in [7, 11) is 0. The molecule has 104 valence electrons. The van der Waals surface area contributed by atoms with Gasteiger partial charge in [0.15, 0.2) is 11.5 Å². The molecule has 3 aromatic heterocycles. The van der Waals surface area contributed by atoms with Crippen molar-refractivity contribution in [3.63, 3.8) is 0 Å². The van der Waals surface area contributed by atoms with E-state index in [1.165, 1.54) is 0 Å². The van der Waals surface area contributed by atoms with E-state index in [4.69, 9.17) is 0 Å². The SMILES string of the molecule is CCCNc1cn2ccnc2c(NCc2nccs2)n1. The summed E-state index contributed by atoms with van der Waals surface area (Å²) in [6.07, 6.45) is 8.51. The fourth-order valence-corrected chi connectivity index (χ4v) is 2.44. The Hall–Kier alpha value is -2.15. The van der Waals surface area contributed by atoms with Crippen molar-refractivity contribution in [1.82, 2.24) is 19.4 Å². The number of aromatic nitrogens is 4. The van der Waals surface area contributed by atoms with Gasteiger partial charge >= 0.3 is 0 Å². The number of rotatable bonds is 6. The molecule has 20 heavy (non-hydrogen) atoms. The molecule has 0 atom stereocenters. The molecule has 0 aliphatic heterocycles. The lowest BCUT2D eigenvalue weighted by Crippen LogP contribution is -2.08. The minimum atomic E-state index is 0.657. The first-order chi connectivity index (χ1) is 9.86. The molecule has 0 saturated carbocycles. The molecule has 3 rings (SSSR count). The van der Waals surface area contributed by atoms with E-state index in [0.29, 0.717) is 6.54 Å². The van der Waals surface area contributed by atoms with Gasteiger partial charge in [0.05, 0.1) is 12.7 Å². The smallest absolute Gasteiger partial charge is 0.180 e. The number of hydrogen-bond acceptors (Lipinski definition) is 6. The van der Waals surface area contributed by atoms with Gasteiger partial charge in [0.2, 0.25) is 0 Å². The minimum Gasteiger partial charge on any atom is -0.369 e. The molecular formula is C13H16N6S. The van der Waals surface area contributed by atoms with Gasteiger partial charge in [-0.25, -0.2) is 15.0 Å². The van der Waals surface area contributed by atoms with Crippen molar-refractivity contribution in [2.24, 2.45) is 0 Å². The molecule has 7 heteroatoms. The van der Waals surface area contributed by atoms with Gasteiger partial charge < -0.3 is 15.0 Å². The number of hydrogen-bond donors (Lipinski definition) is 2. The second-order valence-electron chi connectivity index (χ2n) is 4.34. The van der Waals surface area contributed by atoms with Crippen molar-refractivity contribution in [2.45, 2.75) is 19.9 Å². The van der Waals surface area contributed by atoms with Crippen LogP contribution in [-0.4, -0.2) is 25.9 Å². The topological polar surface area (TPSA) is 67.1 Å². The van der Waals surface area contributed by atoms with Crippen LogP contribution in [0.3, 0.4) is 0 Å². The van der Waals surface area contributed by atoms with Gasteiger partial charge in [-0.2, -0.15) is 0 Å². The van der Waals surface area contributed by atoms with Gasteiger partial charge in [-0.15, -0.1) is 11.3 Å². The van der Waals surface area contributed by atoms with Crippen molar-refractivity contribution in [1.29, 1.82) is 0 Å². The number of imidazole rings is 1. The van der Waals surface area contributed by atoms with Gasteiger partial charge in [-0.05, 0) is 6.42 Å². The van der Waals surface area contributed by atoms with Crippen LogP contribution < -0.4 is 10.6 Å². The predicted molar refractivity (Wildman–Crippen MR) is 81.2 cm³/mol. The van der Waals surface area contributed by atoms with Crippen molar-refractivity contribution in [3.05, 3.63) is 35.2 Å². The summed E-state index contributed by atoms with van der Waals surface area (Å²) in [6.45, 7) is 3.69. The normalized spacial score (nSPS) is 10.8. The second-order valence-corrected chi connectivity index (χ2v) is 5.32. The fourth-order valence-electron chi connectivity index (χ4n) is 1.89. The summed E-state index contributed by atoms with van der Waals surface area (Å²) in [5.41, 5.74) is 0.823. The second kappa shape index (κ2) is 5.87. The zero-order valence-electron chi connectivity index (χ0n) is 11.2. The Morgan fingerprint density at radius 3 is 3.00 bits per heavy atom. The maximum absolute atomic E-state index is 4.58. The molecular weight excluding hydrogens is 272 g/mol. The summed E-state index contributed by atoms with van der Waals surface area (Å²) in [5.74, 6) is 1.62. The van der Waals surface area contributed by atoms with E-state index >= 15 is 0 Å². The van der Waals surface area contributed by atoms with Gasteiger partial charge in [0.25, 0.3) is 0 Å². The van der Waals surface area contributed by atoms with Crippen LogP contribution in [0.15, 0.2) is 30.2 Å². The summed E-state index contributed by atoms with van der Waals surface area (Å²) in [4.78, 5) is 13.2. The van der Waals surface area contributed by atoms with Crippen LogP contribution in [0.2, 0.25) is 0 Å². The standard InChI is InChI=1S/C13H16N6S/c1-2-3-14-10-9-19-6-4-16-13(19)12(18-10)17-8-11-15-5-7-20-11/h4-7,9,14H,2-3,8H2,1H3,(H,17,18). The highest BCUT2D eigenvalue weighted by Gasteiger charge is 2.07. The van der Waals surface area contributed by atoms with Gasteiger partial charge in [0, 0.05) is 30.5 Å². The highest BCUT2D eigenvalue weighted by atomic mass is 32.1. The number of nitrogens with one attached hydrogen (secondary N) is 2. The third-order valence-corrected chi connectivity index (χ3v) is 3.60. The Morgan fingerprint density at radius 2 is 2.20 bits per heavy atom.